The highest BCUT2D eigenvalue weighted by molar-refractivity contribution is 5.48. The molecule has 0 aromatic heterocycles. The molecule has 0 saturated heterocycles. The molecule has 82 valence electrons. The van der Waals surface area contributed by atoms with Crippen LogP contribution in [0.4, 0.5) is 0 Å². The Bertz CT molecular complexity index is 401. The predicted octanol–water partition coefficient (Wildman–Crippen LogP) is 4.37. The molecule has 0 saturated carbocycles. The van der Waals surface area contributed by atoms with Crippen LogP contribution in [0.25, 0.3) is 0 Å². The zero-order chi connectivity index (χ0) is 12.2. The van der Waals surface area contributed by atoms with Gasteiger partial charge in [0, 0.05) is 11.1 Å². The Balaban J connectivity index is 4.98. The van der Waals surface area contributed by atoms with Crippen LogP contribution < -0.4 is 0 Å². The molecule has 0 bridgehead atoms. The van der Waals surface area contributed by atoms with Gasteiger partial charge in [-0.3, -0.25) is 0 Å². The molecule has 0 heterocycles. The fourth-order valence-electron chi connectivity index (χ4n) is 0.950. The highest BCUT2D eigenvalue weighted by atomic mass is 13.9. The van der Waals surface area contributed by atoms with Crippen molar-refractivity contribution in [2.24, 2.45) is 0 Å². The van der Waals surface area contributed by atoms with Crippen molar-refractivity contribution in [2.45, 2.75) is 13.8 Å². The SMILES string of the molecule is C=C/C=C(C#C/C(C=C)=C/C=C\C)\C=C/C. The zero-order valence-electron chi connectivity index (χ0n) is 10.0. The van der Waals surface area contributed by atoms with Crippen molar-refractivity contribution in [1.82, 2.24) is 0 Å². The van der Waals surface area contributed by atoms with Gasteiger partial charge in [-0.1, -0.05) is 61.5 Å². The van der Waals surface area contributed by atoms with Gasteiger partial charge in [-0.05, 0) is 26.0 Å². The highest BCUT2D eigenvalue weighted by Gasteiger charge is 1.84. The Kier molecular flexibility index (Phi) is 8.36. The lowest BCUT2D eigenvalue weighted by Gasteiger charge is -1.88. The normalized spacial score (nSPS) is 12.6. The molecule has 0 fully saturated rings. The quantitative estimate of drug-likeness (QED) is 0.477. The Morgan fingerprint density at radius 2 is 1.62 bits per heavy atom. The summed E-state index contributed by atoms with van der Waals surface area (Å²) in [6, 6.07) is 0. The lowest BCUT2D eigenvalue weighted by atomic mass is 10.2. The van der Waals surface area contributed by atoms with Crippen molar-refractivity contribution in [1.29, 1.82) is 0 Å². The molecule has 0 aliphatic rings. The molecule has 0 unspecified atom stereocenters. The largest absolute Gasteiger partial charge is 0.0990 e. The van der Waals surface area contributed by atoms with E-state index in [2.05, 4.69) is 25.0 Å². The lowest BCUT2D eigenvalue weighted by Crippen LogP contribution is -1.74. The molecule has 0 aromatic carbocycles. The van der Waals surface area contributed by atoms with Gasteiger partial charge in [0.1, 0.15) is 0 Å². The molecule has 0 spiro atoms. The molecule has 0 N–H and O–H groups in total. The van der Waals surface area contributed by atoms with Gasteiger partial charge in [0.25, 0.3) is 0 Å². The minimum Gasteiger partial charge on any atom is -0.0990 e. The molecule has 0 amide bonds. The van der Waals surface area contributed by atoms with Crippen LogP contribution in [-0.4, -0.2) is 0 Å². The first-order valence-electron chi connectivity index (χ1n) is 5.21. The minimum absolute atomic E-state index is 0.901. The van der Waals surface area contributed by atoms with Gasteiger partial charge < -0.3 is 0 Å². The van der Waals surface area contributed by atoms with Crippen LogP contribution in [0.1, 0.15) is 13.8 Å². The van der Waals surface area contributed by atoms with E-state index in [0.717, 1.165) is 11.1 Å². The summed E-state index contributed by atoms with van der Waals surface area (Å²) in [4.78, 5) is 0. The first-order valence-corrected chi connectivity index (χ1v) is 5.21. The van der Waals surface area contributed by atoms with Crippen LogP contribution in [0.2, 0.25) is 0 Å². The van der Waals surface area contributed by atoms with Crippen molar-refractivity contribution in [3.8, 4) is 11.8 Å². The molecule has 0 rings (SSSR count). The second-order valence-corrected chi connectivity index (χ2v) is 2.96. The lowest BCUT2D eigenvalue weighted by molar-refractivity contribution is 1.66. The minimum atomic E-state index is 0.901. The standard InChI is InChI=1S/C16H18/c1-5-9-12-15(8-4)13-14-16(10-6-2)11-7-3/h5-12H,2,4H2,1,3H3/b9-5-,11-7-,15-12+,16-10+. The molecular formula is C16H18. The van der Waals surface area contributed by atoms with Crippen LogP contribution in [0.5, 0.6) is 0 Å². The molecular weight excluding hydrogens is 192 g/mol. The van der Waals surface area contributed by atoms with Crippen molar-refractivity contribution in [3.05, 3.63) is 72.9 Å². The summed E-state index contributed by atoms with van der Waals surface area (Å²) in [5, 5.41) is 0. The van der Waals surface area contributed by atoms with E-state index in [9.17, 15) is 0 Å². The number of hydrogen-bond acceptors (Lipinski definition) is 0. The topological polar surface area (TPSA) is 0 Å². The van der Waals surface area contributed by atoms with Gasteiger partial charge in [0.15, 0.2) is 0 Å². The molecule has 0 nitrogen and oxygen atoms in total. The van der Waals surface area contributed by atoms with E-state index < -0.39 is 0 Å². The Morgan fingerprint density at radius 1 is 0.938 bits per heavy atom. The fraction of sp³-hybridized carbons (Fsp3) is 0.125. The Morgan fingerprint density at radius 3 is 2.12 bits per heavy atom. The third-order valence-corrected chi connectivity index (χ3v) is 1.68. The number of hydrogen-bond donors (Lipinski definition) is 0. The second-order valence-electron chi connectivity index (χ2n) is 2.96. The van der Waals surface area contributed by atoms with E-state index in [1.54, 1.807) is 12.2 Å². The van der Waals surface area contributed by atoms with Crippen molar-refractivity contribution in [3.63, 3.8) is 0 Å². The van der Waals surface area contributed by atoms with Crippen LogP contribution >= 0.6 is 0 Å². The summed E-state index contributed by atoms with van der Waals surface area (Å²) in [6.07, 6.45) is 15.1. The molecule has 0 radical (unpaired) electrons. The van der Waals surface area contributed by atoms with E-state index in [-0.39, 0.29) is 0 Å². The monoisotopic (exact) mass is 210 g/mol. The maximum absolute atomic E-state index is 3.72. The van der Waals surface area contributed by atoms with Gasteiger partial charge in [-0.25, -0.2) is 0 Å². The van der Waals surface area contributed by atoms with E-state index in [1.807, 2.05) is 50.3 Å². The summed E-state index contributed by atoms with van der Waals surface area (Å²) in [5.74, 6) is 6.11. The molecule has 16 heavy (non-hydrogen) atoms. The average molecular weight is 210 g/mol. The van der Waals surface area contributed by atoms with Crippen LogP contribution in [0.15, 0.2) is 72.9 Å². The second kappa shape index (κ2) is 9.55. The predicted molar refractivity (Wildman–Crippen MR) is 74.0 cm³/mol. The zero-order valence-corrected chi connectivity index (χ0v) is 10.0. The first kappa shape index (κ1) is 14.0. The molecule has 0 aliphatic heterocycles. The maximum Gasteiger partial charge on any atom is 0.0245 e. The molecule has 0 aromatic rings. The number of allylic oxidation sites excluding steroid dienone is 10. The smallest absolute Gasteiger partial charge is 0.0245 e. The number of rotatable bonds is 4. The molecule has 0 aliphatic carbocycles. The van der Waals surface area contributed by atoms with Gasteiger partial charge in [-0.15, -0.1) is 0 Å². The Labute approximate surface area is 99.1 Å². The molecule has 0 atom stereocenters. The van der Waals surface area contributed by atoms with Gasteiger partial charge >= 0.3 is 0 Å². The van der Waals surface area contributed by atoms with Crippen LogP contribution in [-0.2, 0) is 0 Å². The van der Waals surface area contributed by atoms with Crippen LogP contribution in [0.3, 0.4) is 0 Å². The first-order chi connectivity index (χ1) is 7.78. The average Bonchev–Trinajstić information content (AvgIpc) is 2.30. The molecule has 0 heteroatoms. The van der Waals surface area contributed by atoms with Gasteiger partial charge in [0.05, 0.1) is 0 Å². The third kappa shape index (κ3) is 6.45. The van der Waals surface area contributed by atoms with E-state index >= 15 is 0 Å². The van der Waals surface area contributed by atoms with Crippen molar-refractivity contribution >= 4 is 0 Å². The summed E-state index contributed by atoms with van der Waals surface area (Å²) >= 11 is 0. The van der Waals surface area contributed by atoms with Gasteiger partial charge in [-0.2, -0.15) is 0 Å². The van der Waals surface area contributed by atoms with E-state index in [0.29, 0.717) is 0 Å². The van der Waals surface area contributed by atoms with Crippen molar-refractivity contribution in [2.75, 3.05) is 0 Å². The summed E-state index contributed by atoms with van der Waals surface area (Å²) < 4.78 is 0. The van der Waals surface area contributed by atoms with Crippen LogP contribution in [0, 0.1) is 11.8 Å². The van der Waals surface area contributed by atoms with Crippen molar-refractivity contribution < 1.29 is 0 Å². The fourth-order valence-corrected chi connectivity index (χ4v) is 0.950. The van der Waals surface area contributed by atoms with E-state index in [1.165, 1.54) is 0 Å². The summed E-state index contributed by atoms with van der Waals surface area (Å²) in [5.41, 5.74) is 1.84. The Hall–Kier alpha value is -2.00. The van der Waals surface area contributed by atoms with Gasteiger partial charge in [0.2, 0.25) is 0 Å². The summed E-state index contributed by atoms with van der Waals surface area (Å²) in [6.45, 7) is 11.3. The maximum atomic E-state index is 3.72. The third-order valence-electron chi connectivity index (χ3n) is 1.68. The highest BCUT2D eigenvalue weighted by Crippen LogP contribution is 1.99. The summed E-state index contributed by atoms with van der Waals surface area (Å²) in [7, 11) is 0. The van der Waals surface area contributed by atoms with E-state index in [4.69, 9.17) is 0 Å².